The predicted molar refractivity (Wildman–Crippen MR) is 69.5 cm³/mol. The number of hydrogen-bond donors (Lipinski definition) is 2. The molecule has 0 radical (unpaired) electrons. The molecule has 3 nitrogen and oxygen atoms in total. The molecule has 0 bridgehead atoms. The van der Waals surface area contributed by atoms with E-state index in [0.717, 1.165) is 25.3 Å². The quantitative estimate of drug-likeness (QED) is 0.789. The Labute approximate surface area is 105 Å². The van der Waals surface area contributed by atoms with E-state index in [0.29, 0.717) is 12.3 Å². The van der Waals surface area contributed by atoms with Gasteiger partial charge in [0.15, 0.2) is 0 Å². The van der Waals surface area contributed by atoms with Gasteiger partial charge >= 0.3 is 0 Å². The summed E-state index contributed by atoms with van der Waals surface area (Å²) in [5.41, 5.74) is 5.90. The lowest BCUT2D eigenvalue weighted by atomic mass is 9.75. The van der Waals surface area contributed by atoms with E-state index in [4.69, 9.17) is 5.73 Å². The van der Waals surface area contributed by atoms with Crippen molar-refractivity contribution >= 4 is 5.91 Å². The monoisotopic (exact) mass is 238 g/mol. The molecule has 0 heterocycles. The van der Waals surface area contributed by atoms with Crippen LogP contribution in [0.1, 0.15) is 58.3 Å². The molecule has 2 saturated carbocycles. The minimum atomic E-state index is -0.178. The van der Waals surface area contributed by atoms with Crippen LogP contribution < -0.4 is 11.1 Å². The SMILES string of the molecule is CC1CCCCC1CNC(=O)CC1(N)CCC1. The van der Waals surface area contributed by atoms with Crippen molar-refractivity contribution in [1.82, 2.24) is 5.32 Å². The van der Waals surface area contributed by atoms with Crippen molar-refractivity contribution in [2.75, 3.05) is 6.54 Å². The van der Waals surface area contributed by atoms with E-state index in [2.05, 4.69) is 12.2 Å². The molecule has 0 spiro atoms. The van der Waals surface area contributed by atoms with Crippen LogP contribution in [0.3, 0.4) is 0 Å². The largest absolute Gasteiger partial charge is 0.356 e. The molecule has 0 aromatic carbocycles. The number of nitrogens with two attached hydrogens (primary N) is 1. The Kier molecular flexibility index (Phi) is 4.08. The standard InChI is InChI=1S/C14H26N2O/c1-11-5-2-3-6-12(11)10-16-13(17)9-14(15)7-4-8-14/h11-12H,2-10,15H2,1H3,(H,16,17). The molecule has 0 saturated heterocycles. The zero-order valence-electron chi connectivity index (χ0n) is 11.0. The van der Waals surface area contributed by atoms with E-state index < -0.39 is 0 Å². The maximum atomic E-state index is 11.8. The average Bonchev–Trinajstić information content (AvgIpc) is 2.26. The topological polar surface area (TPSA) is 55.1 Å². The smallest absolute Gasteiger partial charge is 0.221 e. The fraction of sp³-hybridized carbons (Fsp3) is 0.929. The van der Waals surface area contributed by atoms with Gasteiger partial charge in [0.05, 0.1) is 0 Å². The number of hydrogen-bond acceptors (Lipinski definition) is 2. The maximum absolute atomic E-state index is 11.8. The molecule has 2 rings (SSSR count). The Morgan fingerprint density at radius 2 is 2.00 bits per heavy atom. The van der Waals surface area contributed by atoms with Crippen LogP contribution in [0.5, 0.6) is 0 Å². The zero-order chi connectivity index (χ0) is 12.3. The Bertz CT molecular complexity index is 273. The van der Waals surface area contributed by atoms with Crippen LogP contribution in [-0.2, 0) is 4.79 Å². The van der Waals surface area contributed by atoms with Gasteiger partial charge in [-0.3, -0.25) is 4.79 Å². The van der Waals surface area contributed by atoms with Crippen molar-refractivity contribution in [3.63, 3.8) is 0 Å². The number of nitrogens with one attached hydrogen (secondary N) is 1. The van der Waals surface area contributed by atoms with Crippen molar-refractivity contribution in [1.29, 1.82) is 0 Å². The lowest BCUT2D eigenvalue weighted by molar-refractivity contribution is -0.123. The molecule has 2 fully saturated rings. The molecule has 0 aliphatic heterocycles. The molecular weight excluding hydrogens is 212 g/mol. The van der Waals surface area contributed by atoms with Crippen LogP contribution in [0.15, 0.2) is 0 Å². The highest BCUT2D eigenvalue weighted by Gasteiger charge is 2.34. The first-order chi connectivity index (χ1) is 8.09. The zero-order valence-corrected chi connectivity index (χ0v) is 11.0. The second-order valence-corrected chi connectivity index (χ2v) is 6.22. The van der Waals surface area contributed by atoms with Gasteiger partial charge < -0.3 is 11.1 Å². The van der Waals surface area contributed by atoms with E-state index in [1.807, 2.05) is 0 Å². The Balaban J connectivity index is 1.68. The summed E-state index contributed by atoms with van der Waals surface area (Å²) < 4.78 is 0. The highest BCUT2D eigenvalue weighted by molar-refractivity contribution is 5.77. The molecule has 2 aliphatic carbocycles. The minimum Gasteiger partial charge on any atom is -0.356 e. The van der Waals surface area contributed by atoms with Gasteiger partial charge in [0, 0.05) is 18.5 Å². The highest BCUT2D eigenvalue weighted by atomic mass is 16.1. The Morgan fingerprint density at radius 1 is 1.29 bits per heavy atom. The van der Waals surface area contributed by atoms with E-state index in [9.17, 15) is 4.79 Å². The van der Waals surface area contributed by atoms with Crippen LogP contribution in [0.25, 0.3) is 0 Å². The normalized spacial score (nSPS) is 31.6. The first-order valence-corrected chi connectivity index (χ1v) is 7.15. The minimum absolute atomic E-state index is 0.157. The molecule has 2 aliphatic rings. The summed E-state index contributed by atoms with van der Waals surface area (Å²) in [7, 11) is 0. The summed E-state index contributed by atoms with van der Waals surface area (Å²) in [5, 5.41) is 3.09. The summed E-state index contributed by atoms with van der Waals surface area (Å²) in [6.45, 7) is 3.17. The maximum Gasteiger partial charge on any atom is 0.221 e. The predicted octanol–water partition coefficient (Wildman–Crippen LogP) is 2.20. The third-order valence-electron chi connectivity index (χ3n) is 4.71. The van der Waals surface area contributed by atoms with Crippen LogP contribution in [0.4, 0.5) is 0 Å². The molecule has 3 N–H and O–H groups in total. The first-order valence-electron chi connectivity index (χ1n) is 7.15. The van der Waals surface area contributed by atoms with Crippen molar-refractivity contribution < 1.29 is 4.79 Å². The number of rotatable bonds is 4. The second kappa shape index (κ2) is 5.38. The fourth-order valence-electron chi connectivity index (χ4n) is 3.13. The lowest BCUT2D eigenvalue weighted by Crippen LogP contribution is -2.50. The molecule has 1 amide bonds. The van der Waals surface area contributed by atoms with Gasteiger partial charge in [0.25, 0.3) is 0 Å². The van der Waals surface area contributed by atoms with E-state index in [1.54, 1.807) is 0 Å². The Hall–Kier alpha value is -0.570. The highest BCUT2D eigenvalue weighted by Crippen LogP contribution is 2.32. The third kappa shape index (κ3) is 3.44. The van der Waals surface area contributed by atoms with E-state index in [1.165, 1.54) is 32.1 Å². The molecule has 0 aromatic rings. The fourth-order valence-corrected chi connectivity index (χ4v) is 3.13. The van der Waals surface area contributed by atoms with E-state index >= 15 is 0 Å². The summed E-state index contributed by atoms with van der Waals surface area (Å²) in [5.74, 6) is 1.60. The number of carbonyl (C=O) groups excluding carboxylic acids is 1. The number of carbonyl (C=O) groups is 1. The van der Waals surface area contributed by atoms with Gasteiger partial charge in [0.1, 0.15) is 0 Å². The van der Waals surface area contributed by atoms with Crippen LogP contribution in [0, 0.1) is 11.8 Å². The van der Waals surface area contributed by atoms with Crippen molar-refractivity contribution in [2.24, 2.45) is 17.6 Å². The van der Waals surface area contributed by atoms with Gasteiger partial charge in [-0.15, -0.1) is 0 Å². The summed E-state index contributed by atoms with van der Waals surface area (Å²) in [6.07, 6.45) is 9.01. The first kappa shape index (κ1) is 12.9. The summed E-state index contributed by atoms with van der Waals surface area (Å²) in [4.78, 5) is 11.8. The molecule has 2 unspecified atom stereocenters. The van der Waals surface area contributed by atoms with E-state index in [-0.39, 0.29) is 11.4 Å². The van der Waals surface area contributed by atoms with Crippen molar-refractivity contribution in [2.45, 2.75) is 63.8 Å². The van der Waals surface area contributed by atoms with Gasteiger partial charge in [-0.1, -0.05) is 26.2 Å². The Morgan fingerprint density at radius 3 is 2.59 bits per heavy atom. The summed E-state index contributed by atoms with van der Waals surface area (Å²) in [6, 6.07) is 0. The van der Waals surface area contributed by atoms with Crippen molar-refractivity contribution in [3.8, 4) is 0 Å². The summed E-state index contributed by atoms with van der Waals surface area (Å²) >= 11 is 0. The molecule has 2 atom stereocenters. The average molecular weight is 238 g/mol. The lowest BCUT2D eigenvalue weighted by Gasteiger charge is -2.37. The third-order valence-corrected chi connectivity index (χ3v) is 4.71. The van der Waals surface area contributed by atoms with Crippen LogP contribution >= 0.6 is 0 Å². The van der Waals surface area contributed by atoms with Gasteiger partial charge in [-0.25, -0.2) is 0 Å². The van der Waals surface area contributed by atoms with Crippen LogP contribution in [-0.4, -0.2) is 18.0 Å². The number of amides is 1. The molecule has 17 heavy (non-hydrogen) atoms. The molecule has 0 aromatic heterocycles. The van der Waals surface area contributed by atoms with Crippen molar-refractivity contribution in [3.05, 3.63) is 0 Å². The molecular formula is C14H26N2O. The van der Waals surface area contributed by atoms with Crippen LogP contribution in [0.2, 0.25) is 0 Å². The molecule has 3 heteroatoms. The molecule has 98 valence electrons. The van der Waals surface area contributed by atoms with Gasteiger partial charge in [-0.05, 0) is 37.5 Å². The second-order valence-electron chi connectivity index (χ2n) is 6.22. The van der Waals surface area contributed by atoms with Gasteiger partial charge in [-0.2, -0.15) is 0 Å². The van der Waals surface area contributed by atoms with Gasteiger partial charge in [0.2, 0.25) is 5.91 Å².